The molecule has 1 aliphatic heterocycles. The summed E-state index contributed by atoms with van der Waals surface area (Å²) in [6, 6.07) is 5.81. The minimum Gasteiger partial charge on any atom is -0.474 e. The van der Waals surface area contributed by atoms with Crippen LogP contribution in [0.1, 0.15) is 12.8 Å². The molecule has 0 aliphatic carbocycles. The molecule has 2 aromatic heterocycles. The van der Waals surface area contributed by atoms with E-state index in [1.165, 1.54) is 25.9 Å². The van der Waals surface area contributed by atoms with Crippen molar-refractivity contribution in [3.05, 3.63) is 24.4 Å². The Bertz CT molecular complexity index is 540. The highest BCUT2D eigenvalue weighted by Gasteiger charge is 2.13. The average Bonchev–Trinajstić information content (AvgIpc) is 3.00. The first kappa shape index (κ1) is 16.9. The van der Waals surface area contributed by atoms with Crippen LogP contribution in [-0.2, 0) is 0 Å². The first-order chi connectivity index (χ1) is 8.84. The van der Waals surface area contributed by atoms with Gasteiger partial charge in [-0.3, -0.25) is 4.90 Å². The van der Waals surface area contributed by atoms with Crippen LogP contribution in [0.3, 0.4) is 0 Å². The molecule has 0 amide bonds. The second kappa shape index (κ2) is 7.57. The summed E-state index contributed by atoms with van der Waals surface area (Å²) in [5.74, 6) is 0.542. The molecule has 0 radical (unpaired) electrons. The van der Waals surface area contributed by atoms with Crippen molar-refractivity contribution in [3.8, 4) is 5.88 Å². The highest BCUT2D eigenvalue weighted by atomic mass is 35.5. The number of aromatic nitrogens is 2. The molecule has 0 saturated carbocycles. The van der Waals surface area contributed by atoms with E-state index in [-0.39, 0.29) is 24.8 Å². The van der Waals surface area contributed by atoms with Gasteiger partial charge in [0.1, 0.15) is 12.3 Å². The van der Waals surface area contributed by atoms with Crippen molar-refractivity contribution in [3.63, 3.8) is 0 Å². The molecule has 1 fully saturated rings. The van der Waals surface area contributed by atoms with Gasteiger partial charge in [0.05, 0.1) is 5.52 Å². The molecular formula is C13H20Cl2N4O. The van der Waals surface area contributed by atoms with E-state index in [9.17, 15) is 0 Å². The number of halogens is 2. The fourth-order valence-corrected chi connectivity index (χ4v) is 2.38. The molecule has 0 spiro atoms. The van der Waals surface area contributed by atoms with Crippen LogP contribution in [0, 0.1) is 0 Å². The highest BCUT2D eigenvalue weighted by molar-refractivity contribution is 5.85. The fraction of sp³-hybridized carbons (Fsp3) is 0.462. The summed E-state index contributed by atoms with van der Waals surface area (Å²) in [7, 11) is 0. The van der Waals surface area contributed by atoms with Crippen molar-refractivity contribution >= 4 is 36.0 Å². The van der Waals surface area contributed by atoms with E-state index in [1.54, 1.807) is 4.52 Å². The van der Waals surface area contributed by atoms with E-state index >= 15 is 0 Å². The number of nitrogens with two attached hydrogens (primary N) is 1. The molecule has 0 aromatic carbocycles. The van der Waals surface area contributed by atoms with Crippen LogP contribution in [-0.4, -0.2) is 40.8 Å². The van der Waals surface area contributed by atoms with Gasteiger partial charge in [-0.25, -0.2) is 4.52 Å². The van der Waals surface area contributed by atoms with Crippen LogP contribution in [0.5, 0.6) is 5.88 Å². The molecule has 7 heteroatoms. The molecule has 0 atom stereocenters. The summed E-state index contributed by atoms with van der Waals surface area (Å²) in [4.78, 5) is 2.41. The first-order valence-electron chi connectivity index (χ1n) is 6.42. The number of ether oxygens (including phenoxy) is 1. The summed E-state index contributed by atoms with van der Waals surface area (Å²) >= 11 is 0. The van der Waals surface area contributed by atoms with Gasteiger partial charge in [-0.15, -0.1) is 29.9 Å². The molecule has 5 nitrogen and oxygen atoms in total. The third kappa shape index (κ3) is 3.48. The zero-order valence-electron chi connectivity index (χ0n) is 11.2. The molecule has 20 heavy (non-hydrogen) atoms. The van der Waals surface area contributed by atoms with Crippen molar-refractivity contribution in [2.24, 2.45) is 0 Å². The van der Waals surface area contributed by atoms with Crippen molar-refractivity contribution in [1.82, 2.24) is 14.5 Å². The number of likely N-dealkylation sites (tertiary alicyclic amines) is 1. The highest BCUT2D eigenvalue weighted by Crippen LogP contribution is 2.24. The van der Waals surface area contributed by atoms with Gasteiger partial charge in [0, 0.05) is 12.7 Å². The summed E-state index contributed by atoms with van der Waals surface area (Å²) in [5, 5.41) is 4.33. The fourth-order valence-electron chi connectivity index (χ4n) is 2.38. The van der Waals surface area contributed by atoms with Gasteiger partial charge >= 0.3 is 0 Å². The Morgan fingerprint density at radius 3 is 2.65 bits per heavy atom. The van der Waals surface area contributed by atoms with Crippen molar-refractivity contribution in [1.29, 1.82) is 0 Å². The predicted octanol–water partition coefficient (Wildman–Crippen LogP) is 2.23. The molecule has 0 unspecified atom stereocenters. The monoisotopic (exact) mass is 318 g/mol. The van der Waals surface area contributed by atoms with Crippen LogP contribution in [0.2, 0.25) is 0 Å². The average molecular weight is 319 g/mol. The summed E-state index contributed by atoms with van der Waals surface area (Å²) in [6.45, 7) is 3.97. The van der Waals surface area contributed by atoms with E-state index in [0.717, 1.165) is 12.1 Å². The van der Waals surface area contributed by atoms with Gasteiger partial charge in [-0.05, 0) is 38.1 Å². The van der Waals surface area contributed by atoms with Crippen LogP contribution < -0.4 is 10.5 Å². The number of anilines is 1. The van der Waals surface area contributed by atoms with Crippen LogP contribution in [0.25, 0.3) is 5.52 Å². The SMILES string of the molecule is Cl.Cl.Nc1c(OCCN2CCCC2)nn2ccccc12. The van der Waals surface area contributed by atoms with Crippen molar-refractivity contribution in [2.75, 3.05) is 32.0 Å². The maximum absolute atomic E-state index is 6.01. The van der Waals surface area contributed by atoms with Crippen LogP contribution in [0.15, 0.2) is 24.4 Å². The Balaban J connectivity index is 0.000001000. The number of pyridine rings is 1. The van der Waals surface area contributed by atoms with Gasteiger partial charge < -0.3 is 10.5 Å². The molecule has 1 aliphatic rings. The van der Waals surface area contributed by atoms with Crippen LogP contribution in [0.4, 0.5) is 5.69 Å². The van der Waals surface area contributed by atoms with E-state index in [0.29, 0.717) is 18.2 Å². The lowest BCUT2D eigenvalue weighted by Gasteiger charge is -2.13. The predicted molar refractivity (Wildman–Crippen MR) is 85.3 cm³/mol. The molecule has 0 bridgehead atoms. The van der Waals surface area contributed by atoms with Gasteiger partial charge in [0.25, 0.3) is 5.88 Å². The largest absolute Gasteiger partial charge is 0.474 e. The minimum atomic E-state index is 0. The second-order valence-electron chi connectivity index (χ2n) is 4.65. The van der Waals surface area contributed by atoms with Crippen LogP contribution >= 0.6 is 24.8 Å². The molecule has 3 heterocycles. The Kier molecular flexibility index (Phi) is 6.39. The van der Waals surface area contributed by atoms with Gasteiger partial charge in [-0.1, -0.05) is 6.07 Å². The maximum atomic E-state index is 6.01. The molecule has 112 valence electrons. The minimum absolute atomic E-state index is 0. The molecule has 3 rings (SSSR count). The standard InChI is InChI=1S/C13H18N4O.2ClH/c14-12-11-5-1-2-8-17(11)15-13(12)18-10-9-16-6-3-4-7-16;;/h1-2,5,8H,3-4,6-7,9-10,14H2;2*1H. The van der Waals surface area contributed by atoms with Crippen molar-refractivity contribution < 1.29 is 4.74 Å². The summed E-state index contributed by atoms with van der Waals surface area (Å²) in [5.41, 5.74) is 7.53. The molecular weight excluding hydrogens is 299 g/mol. The lowest BCUT2D eigenvalue weighted by atomic mass is 10.4. The summed E-state index contributed by atoms with van der Waals surface area (Å²) < 4.78 is 7.44. The van der Waals surface area contributed by atoms with Gasteiger partial charge in [0.2, 0.25) is 0 Å². The van der Waals surface area contributed by atoms with E-state index in [4.69, 9.17) is 10.5 Å². The normalized spacial score (nSPS) is 14.8. The van der Waals surface area contributed by atoms with Gasteiger partial charge in [-0.2, -0.15) is 0 Å². The first-order valence-corrected chi connectivity index (χ1v) is 6.42. The zero-order chi connectivity index (χ0) is 12.4. The third-order valence-electron chi connectivity index (χ3n) is 3.39. The zero-order valence-corrected chi connectivity index (χ0v) is 12.8. The summed E-state index contributed by atoms with van der Waals surface area (Å²) in [6.07, 6.45) is 4.48. The quantitative estimate of drug-likeness (QED) is 0.939. The number of rotatable bonds is 4. The van der Waals surface area contributed by atoms with E-state index in [2.05, 4.69) is 10.00 Å². The Hall–Kier alpha value is -1.17. The number of hydrogen-bond acceptors (Lipinski definition) is 4. The number of nitrogen functional groups attached to an aromatic ring is 1. The Labute approximate surface area is 130 Å². The number of nitrogens with zero attached hydrogens (tertiary/aromatic N) is 3. The third-order valence-corrected chi connectivity index (χ3v) is 3.39. The van der Waals surface area contributed by atoms with Crippen molar-refractivity contribution in [2.45, 2.75) is 12.8 Å². The smallest absolute Gasteiger partial charge is 0.257 e. The molecule has 1 saturated heterocycles. The molecule has 2 N–H and O–H groups in total. The number of fused-ring (bicyclic) bond motifs is 1. The number of hydrogen-bond donors (Lipinski definition) is 1. The molecule has 2 aromatic rings. The topological polar surface area (TPSA) is 55.8 Å². The maximum Gasteiger partial charge on any atom is 0.257 e. The lowest BCUT2D eigenvalue weighted by Crippen LogP contribution is -2.25. The van der Waals surface area contributed by atoms with E-state index in [1.807, 2.05) is 24.4 Å². The van der Waals surface area contributed by atoms with E-state index < -0.39 is 0 Å². The lowest BCUT2D eigenvalue weighted by molar-refractivity contribution is 0.232. The Morgan fingerprint density at radius 1 is 1.20 bits per heavy atom. The van der Waals surface area contributed by atoms with Gasteiger partial charge in [0.15, 0.2) is 0 Å². The second-order valence-corrected chi connectivity index (χ2v) is 4.65. The Morgan fingerprint density at radius 2 is 1.95 bits per heavy atom.